The topological polar surface area (TPSA) is 68.1 Å². The molecule has 19 heavy (non-hydrogen) atoms. The first-order valence-electron chi connectivity index (χ1n) is 6.12. The van der Waals surface area contributed by atoms with E-state index in [0.717, 1.165) is 28.8 Å². The molecule has 1 aromatic carbocycles. The van der Waals surface area contributed by atoms with Crippen molar-refractivity contribution in [2.24, 2.45) is 0 Å². The zero-order chi connectivity index (χ0) is 13.2. The summed E-state index contributed by atoms with van der Waals surface area (Å²) in [4.78, 5) is 14.9. The van der Waals surface area contributed by atoms with E-state index in [1.807, 2.05) is 36.0 Å². The molecule has 0 bridgehead atoms. The summed E-state index contributed by atoms with van der Waals surface area (Å²) in [5.41, 5.74) is 1.43. The number of para-hydroxylation sites is 1. The second-order valence-electron chi connectivity index (χ2n) is 4.50. The van der Waals surface area contributed by atoms with Gasteiger partial charge < -0.3 is 5.32 Å². The number of hydrogen-bond donors (Lipinski definition) is 1. The van der Waals surface area contributed by atoms with Crippen molar-refractivity contribution in [2.45, 2.75) is 12.5 Å². The third kappa shape index (κ3) is 2.35. The number of hydrogen-bond acceptors (Lipinski definition) is 5. The Morgan fingerprint density at radius 3 is 3.00 bits per heavy atom. The Morgan fingerprint density at radius 2 is 2.26 bits per heavy atom. The van der Waals surface area contributed by atoms with Crippen molar-refractivity contribution in [3.05, 3.63) is 40.6 Å². The Hall–Kier alpha value is -1.82. The van der Waals surface area contributed by atoms with Gasteiger partial charge in [-0.25, -0.2) is 4.98 Å². The lowest BCUT2D eigenvalue weighted by atomic mass is 10.1. The lowest BCUT2D eigenvalue weighted by molar-refractivity contribution is -0.384. The van der Waals surface area contributed by atoms with Gasteiger partial charge in [0.2, 0.25) is 0 Å². The highest BCUT2D eigenvalue weighted by Gasteiger charge is 2.22. The molecule has 3 rings (SSSR count). The molecule has 0 radical (unpaired) electrons. The number of nitrogens with zero attached hydrogens (tertiary/aromatic N) is 2. The maximum atomic E-state index is 11.2. The van der Waals surface area contributed by atoms with Gasteiger partial charge in [0.25, 0.3) is 0 Å². The van der Waals surface area contributed by atoms with E-state index in [1.165, 1.54) is 6.20 Å². The number of fused-ring (bicyclic) bond motifs is 1. The Labute approximate surface area is 114 Å². The van der Waals surface area contributed by atoms with Crippen molar-refractivity contribution in [3.63, 3.8) is 0 Å². The maximum absolute atomic E-state index is 11.2. The predicted octanol–water partition coefficient (Wildman–Crippen LogP) is 3.06. The number of thioether (sulfide) groups is 1. The van der Waals surface area contributed by atoms with Gasteiger partial charge in [-0.2, -0.15) is 11.8 Å². The number of nitro groups is 1. The Balaban J connectivity index is 2.10. The van der Waals surface area contributed by atoms with Crippen molar-refractivity contribution in [2.75, 3.05) is 16.8 Å². The van der Waals surface area contributed by atoms with Crippen molar-refractivity contribution in [3.8, 4) is 0 Å². The Bertz CT molecular complexity index is 626. The highest BCUT2D eigenvalue weighted by molar-refractivity contribution is 7.99. The van der Waals surface area contributed by atoms with Crippen molar-refractivity contribution >= 4 is 34.0 Å². The van der Waals surface area contributed by atoms with Gasteiger partial charge in [-0.3, -0.25) is 10.1 Å². The zero-order valence-electron chi connectivity index (χ0n) is 10.2. The first-order valence-corrected chi connectivity index (χ1v) is 7.27. The van der Waals surface area contributed by atoms with Crippen LogP contribution in [-0.2, 0) is 0 Å². The summed E-state index contributed by atoms with van der Waals surface area (Å²) >= 11 is 1.87. The molecule has 1 fully saturated rings. The van der Waals surface area contributed by atoms with Crippen molar-refractivity contribution in [1.29, 1.82) is 0 Å². The number of anilines is 1. The summed E-state index contributed by atoms with van der Waals surface area (Å²) in [5.74, 6) is 2.10. The van der Waals surface area contributed by atoms with E-state index < -0.39 is 0 Å². The average molecular weight is 275 g/mol. The number of benzene rings is 1. The van der Waals surface area contributed by atoms with Crippen LogP contribution in [0, 0.1) is 10.1 Å². The van der Waals surface area contributed by atoms with Crippen molar-refractivity contribution in [1.82, 2.24) is 4.98 Å². The molecule has 2 heterocycles. The summed E-state index contributed by atoms with van der Waals surface area (Å²) in [6.45, 7) is 0. The van der Waals surface area contributed by atoms with E-state index in [2.05, 4.69) is 10.3 Å². The van der Waals surface area contributed by atoms with Crippen LogP contribution in [-0.4, -0.2) is 27.5 Å². The summed E-state index contributed by atoms with van der Waals surface area (Å²) in [7, 11) is 0. The lowest BCUT2D eigenvalue weighted by Crippen LogP contribution is -2.19. The SMILES string of the molecule is O=[N+]([O-])c1cnc2ccccc2c1NC1CCSC1. The second-order valence-corrected chi connectivity index (χ2v) is 5.65. The fraction of sp³-hybridized carbons (Fsp3) is 0.308. The predicted molar refractivity (Wildman–Crippen MR) is 77.8 cm³/mol. The van der Waals surface area contributed by atoms with Gasteiger partial charge in [0.1, 0.15) is 11.9 Å². The number of aromatic nitrogens is 1. The fourth-order valence-corrected chi connectivity index (χ4v) is 3.43. The standard InChI is InChI=1S/C13H13N3O2S/c17-16(18)12-7-14-11-4-2-1-3-10(11)13(12)15-9-5-6-19-8-9/h1-4,7,9H,5-6,8H2,(H,14,15). The molecule has 0 spiro atoms. The molecule has 1 aliphatic rings. The molecule has 1 unspecified atom stereocenters. The first kappa shape index (κ1) is 12.2. The van der Waals surface area contributed by atoms with Crippen LogP contribution >= 0.6 is 11.8 Å². The maximum Gasteiger partial charge on any atom is 0.311 e. The second kappa shape index (κ2) is 5.05. The molecule has 1 atom stereocenters. The first-order chi connectivity index (χ1) is 9.25. The molecule has 1 N–H and O–H groups in total. The van der Waals surface area contributed by atoms with Crippen LogP contribution in [0.2, 0.25) is 0 Å². The monoisotopic (exact) mass is 275 g/mol. The average Bonchev–Trinajstić information content (AvgIpc) is 2.92. The quantitative estimate of drug-likeness (QED) is 0.688. The molecule has 1 saturated heterocycles. The summed E-state index contributed by atoms with van der Waals surface area (Å²) in [6, 6.07) is 7.81. The molecule has 1 aliphatic heterocycles. The molecular weight excluding hydrogens is 262 g/mol. The van der Waals surface area contributed by atoms with Crippen LogP contribution in [0.4, 0.5) is 11.4 Å². The van der Waals surface area contributed by atoms with Crippen LogP contribution in [0.5, 0.6) is 0 Å². The van der Waals surface area contributed by atoms with E-state index in [9.17, 15) is 10.1 Å². The van der Waals surface area contributed by atoms with Crippen LogP contribution in [0.1, 0.15) is 6.42 Å². The minimum absolute atomic E-state index is 0.0515. The summed E-state index contributed by atoms with van der Waals surface area (Å²) < 4.78 is 0. The van der Waals surface area contributed by atoms with E-state index in [0.29, 0.717) is 11.7 Å². The van der Waals surface area contributed by atoms with E-state index in [1.54, 1.807) is 0 Å². The molecular formula is C13H13N3O2S. The minimum Gasteiger partial charge on any atom is -0.375 e. The Morgan fingerprint density at radius 1 is 1.42 bits per heavy atom. The highest BCUT2D eigenvalue weighted by atomic mass is 32.2. The van der Waals surface area contributed by atoms with E-state index in [4.69, 9.17) is 0 Å². The van der Waals surface area contributed by atoms with Gasteiger partial charge in [0.05, 0.1) is 10.4 Å². The highest BCUT2D eigenvalue weighted by Crippen LogP contribution is 2.33. The molecule has 5 nitrogen and oxygen atoms in total. The van der Waals surface area contributed by atoms with Crippen molar-refractivity contribution < 1.29 is 4.92 Å². The third-order valence-corrected chi connectivity index (χ3v) is 4.39. The van der Waals surface area contributed by atoms with E-state index in [-0.39, 0.29) is 10.6 Å². The van der Waals surface area contributed by atoms with Gasteiger partial charge in [-0.1, -0.05) is 18.2 Å². The molecule has 1 aromatic heterocycles. The Kier molecular flexibility index (Phi) is 3.25. The van der Waals surface area contributed by atoms with Gasteiger partial charge in [0.15, 0.2) is 0 Å². The van der Waals surface area contributed by atoms with E-state index >= 15 is 0 Å². The van der Waals surface area contributed by atoms with Crippen LogP contribution in [0.3, 0.4) is 0 Å². The van der Waals surface area contributed by atoms with Crippen LogP contribution in [0.15, 0.2) is 30.5 Å². The lowest BCUT2D eigenvalue weighted by Gasteiger charge is -2.14. The van der Waals surface area contributed by atoms with Gasteiger partial charge >= 0.3 is 5.69 Å². The number of pyridine rings is 1. The van der Waals surface area contributed by atoms with Crippen LogP contribution < -0.4 is 5.32 Å². The summed E-state index contributed by atoms with van der Waals surface area (Å²) in [5, 5.41) is 15.3. The fourth-order valence-electron chi connectivity index (χ4n) is 2.27. The zero-order valence-corrected chi connectivity index (χ0v) is 11.0. The largest absolute Gasteiger partial charge is 0.375 e. The number of nitrogens with one attached hydrogen (secondary N) is 1. The minimum atomic E-state index is -0.371. The smallest absolute Gasteiger partial charge is 0.311 e. The third-order valence-electron chi connectivity index (χ3n) is 3.23. The van der Waals surface area contributed by atoms with Gasteiger partial charge in [-0.15, -0.1) is 0 Å². The molecule has 0 aliphatic carbocycles. The molecule has 2 aromatic rings. The molecule has 6 heteroatoms. The van der Waals surface area contributed by atoms with Gasteiger partial charge in [-0.05, 0) is 18.2 Å². The van der Waals surface area contributed by atoms with Crippen LogP contribution in [0.25, 0.3) is 10.9 Å². The number of rotatable bonds is 3. The van der Waals surface area contributed by atoms with Gasteiger partial charge in [0, 0.05) is 17.2 Å². The molecule has 98 valence electrons. The molecule has 0 amide bonds. The summed E-state index contributed by atoms with van der Waals surface area (Å²) in [6.07, 6.45) is 2.38. The normalized spacial score (nSPS) is 18.6. The molecule has 0 saturated carbocycles.